The Morgan fingerprint density at radius 1 is 1.25 bits per heavy atom. The Hall–Kier alpha value is -1.75. The van der Waals surface area contributed by atoms with Gasteiger partial charge in [-0.15, -0.1) is 0 Å². The Bertz CT molecular complexity index is 602. The van der Waals surface area contributed by atoms with Crippen LogP contribution in [0.25, 0.3) is 0 Å². The molecule has 0 radical (unpaired) electrons. The summed E-state index contributed by atoms with van der Waals surface area (Å²) in [5, 5.41) is 3.37. The van der Waals surface area contributed by atoms with Gasteiger partial charge in [-0.25, -0.2) is 0 Å². The molecule has 2 aromatic rings. The van der Waals surface area contributed by atoms with Gasteiger partial charge in [0.25, 0.3) is 0 Å². The first-order valence-corrected chi connectivity index (χ1v) is 7.00. The molecule has 0 saturated heterocycles. The van der Waals surface area contributed by atoms with Crippen LogP contribution in [0.3, 0.4) is 0 Å². The monoisotopic (exact) mass is 336 g/mol. The summed E-state index contributed by atoms with van der Waals surface area (Å²) in [7, 11) is 3.26. The number of anilines is 1. The lowest BCUT2D eigenvalue weighted by Gasteiger charge is -2.13. The van der Waals surface area contributed by atoms with Crippen LogP contribution in [0.2, 0.25) is 0 Å². The minimum absolute atomic E-state index is 0.686. The molecule has 0 atom stereocenters. The van der Waals surface area contributed by atoms with Crippen LogP contribution >= 0.6 is 15.9 Å². The molecule has 0 saturated carbocycles. The summed E-state index contributed by atoms with van der Waals surface area (Å²) in [6, 6.07) is 5.95. The molecule has 1 N–H and O–H groups in total. The van der Waals surface area contributed by atoms with Gasteiger partial charge in [0.15, 0.2) is 11.5 Å². The second kappa shape index (κ2) is 6.61. The minimum Gasteiger partial charge on any atom is -0.493 e. The Morgan fingerprint density at radius 3 is 2.70 bits per heavy atom. The molecule has 20 heavy (non-hydrogen) atoms. The first kappa shape index (κ1) is 14.7. The Labute approximate surface area is 127 Å². The Morgan fingerprint density at radius 2 is 2.05 bits per heavy atom. The summed E-state index contributed by atoms with van der Waals surface area (Å²) in [5.74, 6) is 1.41. The summed E-state index contributed by atoms with van der Waals surface area (Å²) >= 11 is 3.49. The summed E-state index contributed by atoms with van der Waals surface area (Å²) < 4.78 is 11.5. The van der Waals surface area contributed by atoms with Gasteiger partial charge in [0.05, 0.1) is 30.6 Å². The van der Waals surface area contributed by atoms with Crippen molar-refractivity contribution in [3.8, 4) is 11.5 Å². The average Bonchev–Trinajstić information content (AvgIpc) is 2.45. The third-order valence-electron chi connectivity index (χ3n) is 3.02. The molecule has 2 rings (SSSR count). The van der Waals surface area contributed by atoms with E-state index in [9.17, 15) is 0 Å². The van der Waals surface area contributed by atoms with E-state index in [1.165, 1.54) is 5.56 Å². The summed E-state index contributed by atoms with van der Waals surface area (Å²) in [5.41, 5.74) is 3.29. The van der Waals surface area contributed by atoms with Crippen LogP contribution in [0.1, 0.15) is 11.1 Å². The molecule has 0 unspecified atom stereocenters. The maximum atomic E-state index is 5.34. The van der Waals surface area contributed by atoms with Crippen molar-refractivity contribution in [3.05, 3.63) is 46.2 Å². The number of halogens is 1. The van der Waals surface area contributed by atoms with E-state index in [1.54, 1.807) is 20.4 Å². The predicted octanol–water partition coefficient (Wildman–Crippen LogP) is 3.78. The first-order chi connectivity index (χ1) is 9.65. The molecule has 5 heteroatoms. The number of aromatic nitrogens is 1. The van der Waals surface area contributed by atoms with Crippen molar-refractivity contribution in [1.29, 1.82) is 0 Å². The molecule has 0 fully saturated rings. The van der Waals surface area contributed by atoms with Gasteiger partial charge in [-0.3, -0.25) is 4.98 Å². The fourth-order valence-electron chi connectivity index (χ4n) is 1.92. The highest BCUT2D eigenvalue weighted by atomic mass is 79.9. The number of benzene rings is 1. The smallest absolute Gasteiger partial charge is 0.174 e. The van der Waals surface area contributed by atoms with E-state index < -0.39 is 0 Å². The number of aryl methyl sites for hydroxylation is 1. The zero-order chi connectivity index (χ0) is 14.5. The molecular weight excluding hydrogens is 320 g/mol. The number of nitrogens with zero attached hydrogens (tertiary/aromatic N) is 1. The summed E-state index contributed by atoms with van der Waals surface area (Å²) in [6.07, 6.45) is 3.61. The standard InChI is InChI=1S/C15H17BrN2O2/c1-10-4-5-17-9-13(10)18-8-11-6-12(16)15(20-3)14(7-11)19-2/h4-7,9,18H,8H2,1-3H3. The molecule has 4 nitrogen and oxygen atoms in total. The van der Waals surface area contributed by atoms with Crippen molar-refractivity contribution in [2.24, 2.45) is 0 Å². The van der Waals surface area contributed by atoms with E-state index in [2.05, 4.69) is 33.2 Å². The van der Waals surface area contributed by atoms with Gasteiger partial charge in [-0.05, 0) is 52.2 Å². The predicted molar refractivity (Wildman–Crippen MR) is 83.5 cm³/mol. The number of pyridine rings is 1. The van der Waals surface area contributed by atoms with E-state index in [0.717, 1.165) is 15.7 Å². The van der Waals surface area contributed by atoms with Gasteiger partial charge in [-0.1, -0.05) is 0 Å². The van der Waals surface area contributed by atoms with Crippen molar-refractivity contribution < 1.29 is 9.47 Å². The quantitative estimate of drug-likeness (QED) is 0.902. The zero-order valence-corrected chi connectivity index (χ0v) is 13.3. The van der Waals surface area contributed by atoms with Gasteiger partial charge in [0, 0.05) is 12.7 Å². The highest BCUT2D eigenvalue weighted by Gasteiger charge is 2.10. The fourth-order valence-corrected chi connectivity index (χ4v) is 2.57. The molecule has 0 aliphatic rings. The molecule has 0 bridgehead atoms. The second-order valence-electron chi connectivity index (χ2n) is 4.36. The van der Waals surface area contributed by atoms with Gasteiger partial charge < -0.3 is 14.8 Å². The van der Waals surface area contributed by atoms with Crippen molar-refractivity contribution in [2.45, 2.75) is 13.5 Å². The van der Waals surface area contributed by atoms with Crippen molar-refractivity contribution in [1.82, 2.24) is 4.98 Å². The van der Waals surface area contributed by atoms with Crippen LogP contribution in [-0.2, 0) is 6.54 Å². The minimum atomic E-state index is 0.686. The second-order valence-corrected chi connectivity index (χ2v) is 5.21. The largest absolute Gasteiger partial charge is 0.493 e. The molecule has 0 aliphatic carbocycles. The molecule has 1 aromatic carbocycles. The average molecular weight is 337 g/mol. The molecular formula is C15H17BrN2O2. The molecule has 0 amide bonds. The van der Waals surface area contributed by atoms with Crippen LogP contribution in [0, 0.1) is 6.92 Å². The molecule has 1 heterocycles. The maximum absolute atomic E-state index is 5.34. The highest BCUT2D eigenvalue weighted by molar-refractivity contribution is 9.10. The van der Waals surface area contributed by atoms with Gasteiger partial charge in [0.1, 0.15) is 0 Å². The van der Waals surface area contributed by atoms with Gasteiger partial charge in [0.2, 0.25) is 0 Å². The fraction of sp³-hybridized carbons (Fsp3) is 0.267. The molecule has 106 valence electrons. The molecule has 0 spiro atoms. The first-order valence-electron chi connectivity index (χ1n) is 6.20. The van der Waals surface area contributed by atoms with E-state index in [-0.39, 0.29) is 0 Å². The Balaban J connectivity index is 2.18. The molecule has 1 aromatic heterocycles. The lowest BCUT2D eigenvalue weighted by molar-refractivity contribution is 0.352. The highest BCUT2D eigenvalue weighted by Crippen LogP contribution is 2.36. The molecule has 0 aliphatic heterocycles. The van der Waals surface area contributed by atoms with Crippen LogP contribution in [0.5, 0.6) is 11.5 Å². The number of hydrogen-bond donors (Lipinski definition) is 1. The van der Waals surface area contributed by atoms with E-state index in [4.69, 9.17) is 9.47 Å². The van der Waals surface area contributed by atoms with Gasteiger partial charge >= 0.3 is 0 Å². The number of hydrogen-bond acceptors (Lipinski definition) is 4. The number of nitrogens with one attached hydrogen (secondary N) is 1. The van der Waals surface area contributed by atoms with E-state index >= 15 is 0 Å². The SMILES string of the molecule is COc1cc(CNc2cnccc2C)cc(Br)c1OC. The van der Waals surface area contributed by atoms with Crippen LogP contribution in [0.15, 0.2) is 35.1 Å². The Kier molecular flexibility index (Phi) is 4.84. The number of rotatable bonds is 5. The maximum Gasteiger partial charge on any atom is 0.174 e. The summed E-state index contributed by atoms with van der Waals surface area (Å²) in [6.45, 7) is 2.74. The number of ether oxygens (including phenoxy) is 2. The van der Waals surface area contributed by atoms with Crippen molar-refractivity contribution in [3.63, 3.8) is 0 Å². The van der Waals surface area contributed by atoms with E-state index in [0.29, 0.717) is 18.0 Å². The lowest BCUT2D eigenvalue weighted by atomic mass is 10.2. The van der Waals surface area contributed by atoms with Crippen molar-refractivity contribution in [2.75, 3.05) is 19.5 Å². The summed E-state index contributed by atoms with van der Waals surface area (Å²) in [4.78, 5) is 4.12. The van der Waals surface area contributed by atoms with E-state index in [1.807, 2.05) is 24.4 Å². The zero-order valence-electron chi connectivity index (χ0n) is 11.7. The topological polar surface area (TPSA) is 43.4 Å². The van der Waals surface area contributed by atoms with Crippen molar-refractivity contribution >= 4 is 21.6 Å². The third-order valence-corrected chi connectivity index (χ3v) is 3.60. The van der Waals surface area contributed by atoms with Gasteiger partial charge in [-0.2, -0.15) is 0 Å². The van der Waals surface area contributed by atoms with Crippen LogP contribution in [0.4, 0.5) is 5.69 Å². The van der Waals surface area contributed by atoms with Crippen LogP contribution in [-0.4, -0.2) is 19.2 Å². The third kappa shape index (κ3) is 3.22. The number of methoxy groups -OCH3 is 2. The normalized spacial score (nSPS) is 10.2. The van der Waals surface area contributed by atoms with Crippen LogP contribution < -0.4 is 14.8 Å². The lowest BCUT2D eigenvalue weighted by Crippen LogP contribution is -2.02.